The van der Waals surface area contributed by atoms with Crippen molar-refractivity contribution in [2.75, 3.05) is 11.9 Å². The van der Waals surface area contributed by atoms with Crippen LogP contribution in [0.2, 0.25) is 0 Å². The molecule has 1 aliphatic carbocycles. The number of nitrogens with zero attached hydrogens (tertiary/aromatic N) is 1. The van der Waals surface area contributed by atoms with Crippen LogP contribution in [0.15, 0.2) is 48.5 Å². The highest BCUT2D eigenvalue weighted by Gasteiger charge is 2.24. The van der Waals surface area contributed by atoms with Gasteiger partial charge in [-0.05, 0) is 77.3 Å². The lowest BCUT2D eigenvalue weighted by Crippen LogP contribution is -2.33. The maximum Gasteiger partial charge on any atom is 0.323 e. The molecule has 11 heteroatoms. The Morgan fingerprint density at radius 2 is 1.73 bits per heavy atom. The van der Waals surface area contributed by atoms with Crippen molar-refractivity contribution < 1.29 is 39.2 Å². The number of aliphatic carboxylic acids is 2. The van der Waals surface area contributed by atoms with Gasteiger partial charge in [0.05, 0.1) is 24.3 Å². The van der Waals surface area contributed by atoms with E-state index in [4.69, 9.17) is 15.2 Å². The molecule has 238 valence electrons. The van der Waals surface area contributed by atoms with E-state index in [1.54, 1.807) is 24.3 Å². The van der Waals surface area contributed by atoms with Gasteiger partial charge in [-0.3, -0.25) is 14.6 Å². The van der Waals surface area contributed by atoms with Gasteiger partial charge in [0.1, 0.15) is 12.4 Å². The van der Waals surface area contributed by atoms with Gasteiger partial charge >= 0.3 is 18.0 Å². The molecular formula is C34H38FN3O7. The second-order valence-corrected chi connectivity index (χ2v) is 11.5. The lowest BCUT2D eigenvalue weighted by atomic mass is 9.83. The van der Waals surface area contributed by atoms with Gasteiger partial charge in [0.25, 0.3) is 0 Å². The Hall–Kier alpha value is -4.61. The molecule has 0 saturated heterocycles. The predicted molar refractivity (Wildman–Crippen MR) is 168 cm³/mol. The second-order valence-electron chi connectivity index (χ2n) is 11.5. The summed E-state index contributed by atoms with van der Waals surface area (Å²) in [6.07, 6.45) is 3.04. The molecule has 3 aromatic rings. The molecule has 6 N–H and O–H groups in total. The zero-order chi connectivity index (χ0) is 32.7. The van der Waals surface area contributed by atoms with Crippen LogP contribution in [0.3, 0.4) is 0 Å². The van der Waals surface area contributed by atoms with Gasteiger partial charge in [0, 0.05) is 29.8 Å². The maximum atomic E-state index is 14.0. The molecule has 2 atom stereocenters. The molecule has 1 heterocycles. The van der Waals surface area contributed by atoms with Gasteiger partial charge in [-0.15, -0.1) is 0 Å². The Labute approximate surface area is 260 Å². The molecule has 0 bridgehead atoms. The number of anilines is 1. The molecule has 0 aliphatic heterocycles. The van der Waals surface area contributed by atoms with E-state index in [-0.39, 0.29) is 18.2 Å². The van der Waals surface area contributed by atoms with Crippen molar-refractivity contribution in [1.29, 1.82) is 0 Å². The van der Waals surface area contributed by atoms with Gasteiger partial charge in [-0.2, -0.15) is 0 Å². The molecule has 0 saturated carbocycles. The van der Waals surface area contributed by atoms with Crippen LogP contribution < -0.4 is 10.6 Å². The van der Waals surface area contributed by atoms with Crippen molar-refractivity contribution >= 4 is 29.7 Å². The number of aliphatic hydroxyl groups excluding tert-OH is 2. The van der Waals surface area contributed by atoms with Crippen LogP contribution >= 0.6 is 0 Å². The summed E-state index contributed by atoms with van der Waals surface area (Å²) in [5.41, 5.74) is 7.56. The molecule has 1 aromatic heterocycles. The molecular weight excluding hydrogens is 581 g/mol. The Bertz CT molecular complexity index is 1590. The Balaban J connectivity index is 1.79. The summed E-state index contributed by atoms with van der Waals surface area (Å²) in [5, 5.41) is 43.4. The van der Waals surface area contributed by atoms with Crippen LogP contribution in [0.25, 0.3) is 17.2 Å². The highest BCUT2D eigenvalue weighted by Crippen LogP contribution is 2.38. The Morgan fingerprint density at radius 1 is 1.00 bits per heavy atom. The largest absolute Gasteiger partial charge is 0.481 e. The number of aromatic nitrogens is 1. The monoisotopic (exact) mass is 619 g/mol. The number of urea groups is 1. The average Bonchev–Trinajstić information content (AvgIpc) is 2.95. The van der Waals surface area contributed by atoms with Gasteiger partial charge in [0.15, 0.2) is 0 Å². The summed E-state index contributed by atoms with van der Waals surface area (Å²) < 4.78 is 14.0. The molecule has 10 nitrogen and oxygen atoms in total. The molecule has 0 spiro atoms. The summed E-state index contributed by atoms with van der Waals surface area (Å²) in [6.45, 7) is 3.50. The van der Waals surface area contributed by atoms with Crippen molar-refractivity contribution in [3.8, 4) is 11.1 Å². The number of benzene rings is 2. The quantitative estimate of drug-likeness (QED) is 0.176. The van der Waals surface area contributed by atoms with E-state index in [2.05, 4.69) is 10.6 Å². The summed E-state index contributed by atoms with van der Waals surface area (Å²) in [7, 11) is 0. The Kier molecular flexibility index (Phi) is 11.0. The molecule has 1 aliphatic rings. The van der Waals surface area contributed by atoms with Crippen molar-refractivity contribution in [2.24, 2.45) is 0 Å². The zero-order valence-corrected chi connectivity index (χ0v) is 25.2. The number of carbonyl (C=O) groups is 3. The Morgan fingerprint density at radius 3 is 2.40 bits per heavy atom. The smallest absolute Gasteiger partial charge is 0.323 e. The fourth-order valence-corrected chi connectivity index (χ4v) is 5.61. The maximum absolute atomic E-state index is 14.0. The normalized spacial score (nSPS) is 14.2. The number of amides is 2. The molecule has 2 aromatic carbocycles. The molecule has 0 radical (unpaired) electrons. The van der Waals surface area contributed by atoms with Crippen molar-refractivity contribution in [2.45, 2.75) is 70.5 Å². The number of pyridine rings is 1. The number of halogens is 1. The topological polar surface area (TPSA) is 169 Å². The zero-order valence-electron chi connectivity index (χ0n) is 25.2. The number of hydrogen-bond donors (Lipinski definition) is 6. The number of hydrogen-bond acceptors (Lipinski definition) is 6. The number of rotatable bonds is 11. The lowest BCUT2D eigenvalue weighted by molar-refractivity contribution is -0.139. The molecule has 2 amide bonds. The van der Waals surface area contributed by atoms with E-state index >= 15 is 0 Å². The van der Waals surface area contributed by atoms with Gasteiger partial charge < -0.3 is 31.1 Å². The summed E-state index contributed by atoms with van der Waals surface area (Å²) in [5.74, 6) is -2.72. The molecule has 45 heavy (non-hydrogen) atoms. The summed E-state index contributed by atoms with van der Waals surface area (Å²) >= 11 is 0. The summed E-state index contributed by atoms with van der Waals surface area (Å²) in [6, 6.07) is 11.2. The van der Waals surface area contributed by atoms with E-state index in [0.717, 1.165) is 57.6 Å². The van der Waals surface area contributed by atoms with Crippen LogP contribution in [0.1, 0.15) is 72.7 Å². The van der Waals surface area contributed by atoms with Gasteiger partial charge in [-0.1, -0.05) is 44.2 Å². The standard InChI is InChI=1S/C34H38FN3O7/c1-19(2)33-28(13-12-25(39)16-26(40)17-30(41)42)32(21-6-9-23(35)10-7-21)27-5-3-4-20-8-11-24(14-22(20)15-29(27)38-33)37-34(45)36-18-31(43)44/h6-14,19,25-26,39-40H,3-5,15-18H2,1-2H3,(H,41,42)(H,43,44)(H2,36,37,45)/b13-12+/t25-,26-/m1/s1. The van der Waals surface area contributed by atoms with Crippen LogP contribution in [0.4, 0.5) is 14.9 Å². The number of aryl methyl sites for hydroxylation is 1. The first-order valence-electron chi connectivity index (χ1n) is 14.9. The highest BCUT2D eigenvalue weighted by molar-refractivity contribution is 5.91. The van der Waals surface area contributed by atoms with E-state index in [0.29, 0.717) is 18.5 Å². The molecule has 0 fully saturated rings. The lowest BCUT2D eigenvalue weighted by Gasteiger charge is -2.25. The highest BCUT2D eigenvalue weighted by atomic mass is 19.1. The third-order valence-corrected chi connectivity index (χ3v) is 7.63. The summed E-state index contributed by atoms with van der Waals surface area (Å²) in [4.78, 5) is 39.1. The second kappa shape index (κ2) is 14.9. The van der Waals surface area contributed by atoms with Gasteiger partial charge in [0.2, 0.25) is 0 Å². The minimum absolute atomic E-state index is 0.0419. The van der Waals surface area contributed by atoms with Gasteiger partial charge in [-0.25, -0.2) is 9.18 Å². The fraction of sp³-hybridized carbons (Fsp3) is 0.353. The average molecular weight is 620 g/mol. The number of fused-ring (bicyclic) bond motifs is 2. The minimum Gasteiger partial charge on any atom is -0.481 e. The number of carbonyl (C=O) groups excluding carboxylic acids is 1. The third-order valence-electron chi connectivity index (χ3n) is 7.63. The van der Waals surface area contributed by atoms with E-state index in [1.807, 2.05) is 26.0 Å². The number of aliphatic hydroxyl groups is 2. The number of carboxylic acids is 2. The van der Waals surface area contributed by atoms with Crippen molar-refractivity contribution in [3.05, 3.63) is 88.0 Å². The van der Waals surface area contributed by atoms with Crippen LogP contribution in [-0.4, -0.2) is 62.1 Å². The first-order valence-corrected chi connectivity index (χ1v) is 14.9. The fourth-order valence-electron chi connectivity index (χ4n) is 5.61. The van der Waals surface area contributed by atoms with E-state index < -0.39 is 43.1 Å². The van der Waals surface area contributed by atoms with Crippen LogP contribution in [0, 0.1) is 5.82 Å². The van der Waals surface area contributed by atoms with E-state index in [9.17, 15) is 29.0 Å². The van der Waals surface area contributed by atoms with E-state index in [1.165, 1.54) is 18.2 Å². The minimum atomic E-state index is -1.21. The first kappa shape index (κ1) is 33.3. The SMILES string of the molecule is CC(C)c1nc2c(c(-c3ccc(F)cc3)c1/C=C/[C@@H](O)C[C@@H](O)CC(=O)O)CCCc1ccc(NC(=O)NCC(=O)O)cc1C2. The predicted octanol–water partition coefficient (Wildman–Crippen LogP) is 4.90. The number of carboxylic acid groups (broad SMARTS) is 2. The van der Waals surface area contributed by atoms with Crippen LogP contribution in [-0.2, 0) is 28.9 Å². The third kappa shape index (κ3) is 8.96. The van der Waals surface area contributed by atoms with Crippen molar-refractivity contribution in [3.63, 3.8) is 0 Å². The molecule has 0 unspecified atom stereocenters. The first-order chi connectivity index (χ1) is 21.4. The number of nitrogens with one attached hydrogen (secondary N) is 2. The van der Waals surface area contributed by atoms with Crippen molar-refractivity contribution in [1.82, 2.24) is 10.3 Å². The molecule has 4 rings (SSSR count). The van der Waals surface area contributed by atoms with Crippen LogP contribution in [0.5, 0.6) is 0 Å².